The number of hydroxylamine groups is 2. The van der Waals surface area contributed by atoms with Gasteiger partial charge >= 0.3 is 16.4 Å². The highest BCUT2D eigenvalue weighted by atomic mass is 32.3. The number of hydrogen-bond acceptors (Lipinski definition) is 7. The molecule has 1 saturated heterocycles. The SMILES string of the molecule is NCCOc1ccc2c(c1)[C@@H]1CN(C(=O)N1OS(=O)(=O)O)[C@H]2C(N)=O. The lowest BCUT2D eigenvalue weighted by molar-refractivity contribution is -0.122. The number of urea groups is 1. The van der Waals surface area contributed by atoms with Crippen LogP contribution in [0.5, 0.6) is 5.75 Å². The Morgan fingerprint density at radius 1 is 1.36 bits per heavy atom. The molecule has 0 aliphatic carbocycles. The van der Waals surface area contributed by atoms with E-state index in [9.17, 15) is 18.0 Å². The number of fused-ring (bicyclic) bond motifs is 4. The van der Waals surface area contributed by atoms with Gasteiger partial charge < -0.3 is 21.1 Å². The number of hydrogen-bond donors (Lipinski definition) is 3. The van der Waals surface area contributed by atoms with Crippen molar-refractivity contribution in [1.29, 1.82) is 0 Å². The highest BCUT2D eigenvalue weighted by Gasteiger charge is 2.51. The Balaban J connectivity index is 2.07. The first-order valence-electron chi connectivity index (χ1n) is 7.26. The van der Waals surface area contributed by atoms with Crippen LogP contribution in [0.3, 0.4) is 0 Å². The summed E-state index contributed by atoms with van der Waals surface area (Å²) in [5.74, 6) is -0.357. The smallest absolute Gasteiger partial charge is 0.418 e. The first kappa shape index (κ1) is 17.4. The third kappa shape index (κ3) is 3.11. The quantitative estimate of drug-likeness (QED) is 0.539. The van der Waals surface area contributed by atoms with Gasteiger partial charge in [-0.15, -0.1) is 4.28 Å². The van der Waals surface area contributed by atoms with Crippen LogP contribution in [0.25, 0.3) is 0 Å². The molecule has 2 heterocycles. The monoisotopic (exact) mass is 372 g/mol. The molecule has 25 heavy (non-hydrogen) atoms. The van der Waals surface area contributed by atoms with Crippen LogP contribution >= 0.6 is 0 Å². The molecule has 2 atom stereocenters. The molecule has 1 fully saturated rings. The Morgan fingerprint density at radius 3 is 2.68 bits per heavy atom. The first-order chi connectivity index (χ1) is 11.7. The van der Waals surface area contributed by atoms with Crippen molar-refractivity contribution in [2.24, 2.45) is 11.5 Å². The van der Waals surface area contributed by atoms with Gasteiger partial charge in [0.05, 0.1) is 6.54 Å². The van der Waals surface area contributed by atoms with Crippen LogP contribution in [-0.4, -0.2) is 54.6 Å². The molecule has 5 N–H and O–H groups in total. The summed E-state index contributed by atoms with van der Waals surface area (Å²) in [6.45, 7) is 0.503. The van der Waals surface area contributed by atoms with E-state index >= 15 is 0 Å². The number of amides is 3. The van der Waals surface area contributed by atoms with E-state index in [1.165, 1.54) is 0 Å². The van der Waals surface area contributed by atoms with Gasteiger partial charge in [0.1, 0.15) is 24.4 Å². The summed E-state index contributed by atoms with van der Waals surface area (Å²) in [7, 11) is -4.93. The molecule has 0 aromatic heterocycles. The number of primary amides is 1. The third-order valence-electron chi connectivity index (χ3n) is 3.94. The molecule has 2 bridgehead atoms. The molecule has 3 rings (SSSR count). The average molecular weight is 372 g/mol. The van der Waals surface area contributed by atoms with Gasteiger partial charge in [-0.25, -0.2) is 4.79 Å². The van der Waals surface area contributed by atoms with Gasteiger partial charge in [0.2, 0.25) is 5.91 Å². The molecule has 1 aromatic carbocycles. The molecule has 2 aliphatic rings. The molecule has 2 aliphatic heterocycles. The molecular formula is C13H16N4O7S. The zero-order chi connectivity index (χ0) is 18.4. The lowest BCUT2D eigenvalue weighted by Crippen LogP contribution is -2.41. The molecule has 136 valence electrons. The van der Waals surface area contributed by atoms with Gasteiger partial charge in [-0.3, -0.25) is 9.35 Å². The van der Waals surface area contributed by atoms with Crippen molar-refractivity contribution in [2.75, 3.05) is 19.7 Å². The molecular weight excluding hydrogens is 356 g/mol. The van der Waals surface area contributed by atoms with E-state index in [4.69, 9.17) is 20.8 Å². The van der Waals surface area contributed by atoms with Crippen LogP contribution in [0.1, 0.15) is 23.2 Å². The van der Waals surface area contributed by atoms with Crippen molar-refractivity contribution >= 4 is 22.3 Å². The number of rotatable bonds is 6. The second-order valence-corrected chi connectivity index (χ2v) is 6.52. The number of carbonyl (C=O) groups excluding carboxylic acids is 2. The molecule has 0 spiro atoms. The Bertz CT molecular complexity index is 828. The van der Waals surface area contributed by atoms with E-state index in [0.717, 1.165) is 4.90 Å². The standard InChI is InChI=1S/C13H16N4O7S/c14-3-4-23-7-1-2-8-9(5-7)10-6-16(11(8)12(15)18)13(19)17(10)24-25(20,21)22/h1-2,5,10-11H,3-4,6,14H2,(H2,15,18)(H,20,21,22)/t10-,11+/m0/s1. The Kier molecular flexibility index (Phi) is 4.28. The summed E-state index contributed by atoms with van der Waals surface area (Å²) >= 11 is 0. The summed E-state index contributed by atoms with van der Waals surface area (Å²) in [4.78, 5) is 25.3. The number of nitrogens with zero attached hydrogens (tertiary/aromatic N) is 2. The van der Waals surface area contributed by atoms with Crippen molar-refractivity contribution in [3.05, 3.63) is 29.3 Å². The average Bonchev–Trinajstić information content (AvgIpc) is 2.78. The Morgan fingerprint density at radius 2 is 2.08 bits per heavy atom. The van der Waals surface area contributed by atoms with Crippen molar-refractivity contribution in [2.45, 2.75) is 12.1 Å². The van der Waals surface area contributed by atoms with E-state index in [-0.39, 0.29) is 19.7 Å². The molecule has 11 nitrogen and oxygen atoms in total. The van der Waals surface area contributed by atoms with Gasteiger partial charge in [0.25, 0.3) is 0 Å². The second-order valence-electron chi connectivity index (χ2n) is 5.51. The first-order valence-corrected chi connectivity index (χ1v) is 8.62. The largest absolute Gasteiger partial charge is 0.492 e. The Labute approximate surface area is 143 Å². The van der Waals surface area contributed by atoms with Gasteiger partial charge in [0, 0.05) is 6.54 Å². The molecule has 0 unspecified atom stereocenters. The predicted octanol–water partition coefficient (Wildman–Crippen LogP) is -0.923. The van der Waals surface area contributed by atoms with Gasteiger partial charge in [0.15, 0.2) is 0 Å². The fourth-order valence-electron chi connectivity index (χ4n) is 3.06. The number of carbonyl (C=O) groups is 2. The van der Waals surface area contributed by atoms with Crippen LogP contribution in [0, 0.1) is 0 Å². The predicted molar refractivity (Wildman–Crippen MR) is 82.2 cm³/mol. The molecule has 0 radical (unpaired) electrons. The summed E-state index contributed by atoms with van der Waals surface area (Å²) in [5, 5.41) is 0.504. The van der Waals surface area contributed by atoms with Crippen LogP contribution in [0.4, 0.5) is 4.79 Å². The maximum Gasteiger partial charge on any atom is 0.418 e. The number of benzene rings is 1. The van der Waals surface area contributed by atoms with Crippen LogP contribution in [-0.2, 0) is 19.5 Å². The highest BCUT2D eigenvalue weighted by molar-refractivity contribution is 7.80. The van der Waals surface area contributed by atoms with E-state index in [0.29, 0.717) is 21.9 Å². The highest BCUT2D eigenvalue weighted by Crippen LogP contribution is 2.45. The van der Waals surface area contributed by atoms with E-state index < -0.39 is 34.4 Å². The summed E-state index contributed by atoms with van der Waals surface area (Å²) < 4.78 is 40.8. The maximum absolute atomic E-state index is 12.4. The van der Waals surface area contributed by atoms with Gasteiger partial charge in [-0.2, -0.15) is 13.5 Å². The van der Waals surface area contributed by atoms with Crippen molar-refractivity contribution in [1.82, 2.24) is 9.96 Å². The summed E-state index contributed by atoms with van der Waals surface area (Å²) in [6.07, 6.45) is 0. The molecule has 1 aromatic rings. The third-order valence-corrected chi connectivity index (χ3v) is 4.29. The number of nitrogens with two attached hydrogens (primary N) is 2. The van der Waals surface area contributed by atoms with E-state index in [1.54, 1.807) is 18.2 Å². The van der Waals surface area contributed by atoms with Crippen molar-refractivity contribution < 1.29 is 31.6 Å². The van der Waals surface area contributed by atoms with Crippen molar-refractivity contribution in [3.8, 4) is 5.75 Å². The number of ether oxygens (including phenoxy) is 1. The fourth-order valence-corrected chi connectivity index (χ4v) is 3.43. The fraction of sp³-hybridized carbons (Fsp3) is 0.385. The minimum Gasteiger partial charge on any atom is -0.492 e. The minimum absolute atomic E-state index is 0.0324. The molecule has 0 saturated carbocycles. The van der Waals surface area contributed by atoms with E-state index in [2.05, 4.69) is 4.28 Å². The lowest BCUT2D eigenvalue weighted by Gasteiger charge is -2.30. The van der Waals surface area contributed by atoms with Crippen molar-refractivity contribution in [3.63, 3.8) is 0 Å². The van der Waals surface area contributed by atoms with Crippen LogP contribution < -0.4 is 16.2 Å². The Hall–Kier alpha value is -2.41. The minimum atomic E-state index is -4.93. The molecule has 3 amide bonds. The van der Waals surface area contributed by atoms with Crippen LogP contribution in [0.2, 0.25) is 0 Å². The molecule has 12 heteroatoms. The van der Waals surface area contributed by atoms with Gasteiger partial charge in [-0.1, -0.05) is 6.07 Å². The second kappa shape index (κ2) is 6.15. The van der Waals surface area contributed by atoms with E-state index in [1.807, 2.05) is 0 Å². The zero-order valence-corrected chi connectivity index (χ0v) is 13.7. The maximum atomic E-state index is 12.4. The normalized spacial score (nSPS) is 22.1. The topological polar surface area (TPSA) is 165 Å². The van der Waals surface area contributed by atoms with Crippen LogP contribution in [0.15, 0.2) is 18.2 Å². The zero-order valence-electron chi connectivity index (χ0n) is 12.9. The summed E-state index contributed by atoms with van der Waals surface area (Å²) in [6, 6.07) is 1.88. The summed E-state index contributed by atoms with van der Waals surface area (Å²) in [5.41, 5.74) is 11.7. The van der Waals surface area contributed by atoms with Gasteiger partial charge in [-0.05, 0) is 23.3 Å². The lowest BCUT2D eigenvalue weighted by atomic mass is 9.90.